The van der Waals surface area contributed by atoms with Crippen LogP contribution in [0.15, 0.2) is 48.5 Å². The van der Waals surface area contributed by atoms with Crippen molar-refractivity contribution in [1.82, 2.24) is 4.57 Å². The number of aliphatic hydroxyl groups excluding tert-OH is 1. The van der Waals surface area contributed by atoms with E-state index in [2.05, 4.69) is 12.0 Å². The Morgan fingerprint density at radius 2 is 1.87 bits per heavy atom. The Labute approximate surface area is 180 Å². The first-order valence-corrected chi connectivity index (χ1v) is 11.3. The molecule has 8 heteroatoms. The van der Waals surface area contributed by atoms with Crippen LogP contribution in [-0.2, 0) is 13.9 Å². The monoisotopic (exact) mass is 443 g/mol. The molecule has 0 aliphatic carbocycles. The van der Waals surface area contributed by atoms with Crippen molar-refractivity contribution in [2.75, 3.05) is 6.16 Å². The Bertz CT molecular complexity index is 1170. The van der Waals surface area contributed by atoms with Gasteiger partial charge in [-0.1, -0.05) is 32.0 Å². The van der Waals surface area contributed by atoms with Gasteiger partial charge in [-0.3, -0.25) is 9.36 Å². The van der Waals surface area contributed by atoms with Gasteiger partial charge in [0.2, 0.25) is 8.03 Å². The molecule has 3 rings (SSSR count). The molecule has 0 amide bonds. The summed E-state index contributed by atoms with van der Waals surface area (Å²) in [4.78, 5) is 10.6. The molecule has 0 fully saturated rings. The first-order valence-electron chi connectivity index (χ1n) is 9.77. The molecule has 31 heavy (non-hydrogen) atoms. The van der Waals surface area contributed by atoms with E-state index in [9.17, 15) is 18.9 Å². The molecular weight excluding hydrogens is 420 g/mol. The van der Waals surface area contributed by atoms with Crippen LogP contribution in [0, 0.1) is 17.8 Å². The van der Waals surface area contributed by atoms with Crippen molar-refractivity contribution in [3.05, 3.63) is 65.6 Å². The van der Waals surface area contributed by atoms with E-state index in [0.717, 1.165) is 22.2 Å². The highest BCUT2D eigenvalue weighted by molar-refractivity contribution is 7.39. The number of nitrogens with zero attached hydrogens (tertiary/aromatic N) is 1. The summed E-state index contributed by atoms with van der Waals surface area (Å²) in [7, 11) is -2.74. The number of hydrogen-bond acceptors (Lipinski definition) is 4. The second-order valence-electron chi connectivity index (χ2n) is 7.40. The maximum absolute atomic E-state index is 13.5. The third-order valence-electron chi connectivity index (χ3n) is 4.72. The van der Waals surface area contributed by atoms with Crippen LogP contribution in [0.5, 0.6) is 0 Å². The Hall–Kier alpha value is -3.07. The third kappa shape index (κ3) is 5.35. The summed E-state index contributed by atoms with van der Waals surface area (Å²) in [5, 5.41) is 19.3. The lowest BCUT2D eigenvalue weighted by molar-refractivity contribution is -0.138. The summed E-state index contributed by atoms with van der Waals surface area (Å²) in [5.74, 6) is 1.52. The Balaban J connectivity index is 2.02. The summed E-state index contributed by atoms with van der Waals surface area (Å²) in [5.41, 5.74) is 3.22. The number of fused-ring (bicyclic) bond motifs is 1. The van der Waals surface area contributed by atoms with Crippen LogP contribution in [0.1, 0.15) is 37.4 Å². The van der Waals surface area contributed by atoms with Gasteiger partial charge in [-0.15, -0.1) is 0 Å². The summed E-state index contributed by atoms with van der Waals surface area (Å²) in [6, 6.07) is 13.8. The Kier molecular flexibility index (Phi) is 7.17. The van der Waals surface area contributed by atoms with Crippen molar-refractivity contribution in [2.45, 2.75) is 32.3 Å². The van der Waals surface area contributed by atoms with Crippen molar-refractivity contribution < 1.29 is 28.5 Å². The summed E-state index contributed by atoms with van der Waals surface area (Å²) >= 11 is 0. The standard InChI is InChI=1S/C23H23FNO5P/c1-15(2)23-19-5-3-4-6-20(19)25(17-9-7-16(24)8-10-17)21(23)11-12-30-31(29)14-18(26)13-22(27)28/h3-10,15,18,26,31H,13-14H2,1-2H3,(H,27,28). The van der Waals surface area contributed by atoms with Gasteiger partial charge in [-0.05, 0) is 47.7 Å². The van der Waals surface area contributed by atoms with E-state index in [1.807, 2.05) is 42.7 Å². The van der Waals surface area contributed by atoms with Gasteiger partial charge in [0.1, 0.15) is 17.6 Å². The van der Waals surface area contributed by atoms with Crippen LogP contribution in [0.2, 0.25) is 0 Å². The molecule has 1 aromatic heterocycles. The number of carbonyl (C=O) groups is 1. The molecule has 0 aliphatic heterocycles. The fraction of sp³-hybridized carbons (Fsp3) is 0.261. The predicted octanol–water partition coefficient (Wildman–Crippen LogP) is 4.53. The lowest BCUT2D eigenvalue weighted by atomic mass is 9.99. The number of hydrogen-bond donors (Lipinski definition) is 2. The van der Waals surface area contributed by atoms with E-state index in [1.54, 1.807) is 12.1 Å². The van der Waals surface area contributed by atoms with Gasteiger partial charge in [0.25, 0.3) is 0 Å². The number of benzene rings is 2. The van der Waals surface area contributed by atoms with Crippen molar-refractivity contribution in [3.8, 4) is 17.7 Å². The van der Waals surface area contributed by atoms with E-state index in [0.29, 0.717) is 5.69 Å². The molecule has 2 atom stereocenters. The molecule has 0 spiro atoms. The quantitative estimate of drug-likeness (QED) is 0.414. The van der Waals surface area contributed by atoms with Crippen molar-refractivity contribution in [2.24, 2.45) is 0 Å². The van der Waals surface area contributed by atoms with E-state index in [1.165, 1.54) is 12.1 Å². The van der Waals surface area contributed by atoms with Crippen LogP contribution < -0.4 is 0 Å². The first-order chi connectivity index (χ1) is 14.8. The Morgan fingerprint density at radius 3 is 2.52 bits per heavy atom. The van der Waals surface area contributed by atoms with Gasteiger partial charge < -0.3 is 19.3 Å². The maximum Gasteiger partial charge on any atom is 0.305 e. The van der Waals surface area contributed by atoms with Gasteiger partial charge in [-0.25, -0.2) is 4.39 Å². The summed E-state index contributed by atoms with van der Waals surface area (Å²) in [6.07, 6.45) is 0.407. The fourth-order valence-corrected chi connectivity index (χ4v) is 4.25. The molecule has 6 nitrogen and oxygen atoms in total. The Morgan fingerprint density at radius 1 is 1.19 bits per heavy atom. The lowest BCUT2D eigenvalue weighted by Crippen LogP contribution is -2.15. The van der Waals surface area contributed by atoms with Crippen LogP contribution in [-0.4, -0.2) is 33.0 Å². The van der Waals surface area contributed by atoms with Crippen LogP contribution >= 0.6 is 8.03 Å². The minimum Gasteiger partial charge on any atom is -0.481 e. The minimum atomic E-state index is -2.74. The number of aliphatic hydroxyl groups is 1. The molecular formula is C23H23FNO5P. The van der Waals surface area contributed by atoms with Crippen LogP contribution in [0.4, 0.5) is 4.39 Å². The van der Waals surface area contributed by atoms with Crippen LogP contribution in [0.3, 0.4) is 0 Å². The molecule has 2 N–H and O–H groups in total. The van der Waals surface area contributed by atoms with E-state index in [-0.39, 0.29) is 17.9 Å². The number of halogens is 1. The number of aromatic nitrogens is 1. The second kappa shape index (κ2) is 9.82. The number of rotatable bonds is 7. The zero-order valence-corrected chi connectivity index (χ0v) is 18.1. The number of aliphatic carboxylic acids is 1. The molecule has 1 heterocycles. The molecule has 2 aromatic carbocycles. The highest BCUT2D eigenvalue weighted by atomic mass is 31.1. The van der Waals surface area contributed by atoms with Crippen molar-refractivity contribution in [3.63, 3.8) is 0 Å². The molecule has 0 saturated heterocycles. The van der Waals surface area contributed by atoms with E-state index >= 15 is 0 Å². The summed E-state index contributed by atoms with van der Waals surface area (Å²) in [6.45, 7) is 4.07. The fourth-order valence-electron chi connectivity index (χ4n) is 3.47. The summed E-state index contributed by atoms with van der Waals surface area (Å²) < 4.78 is 32.5. The van der Waals surface area contributed by atoms with Gasteiger partial charge >= 0.3 is 5.97 Å². The van der Waals surface area contributed by atoms with Gasteiger partial charge in [0.05, 0.1) is 24.2 Å². The number of carboxylic acids is 1. The van der Waals surface area contributed by atoms with Crippen molar-refractivity contribution >= 4 is 24.9 Å². The first kappa shape index (κ1) is 22.6. The average Bonchev–Trinajstić information content (AvgIpc) is 3.02. The van der Waals surface area contributed by atoms with Crippen LogP contribution in [0.25, 0.3) is 16.6 Å². The zero-order valence-electron chi connectivity index (χ0n) is 17.1. The van der Waals surface area contributed by atoms with Gasteiger partial charge in [0.15, 0.2) is 0 Å². The van der Waals surface area contributed by atoms with Gasteiger partial charge in [0, 0.05) is 11.1 Å². The average molecular weight is 443 g/mol. The van der Waals surface area contributed by atoms with E-state index < -0.39 is 26.5 Å². The zero-order chi connectivity index (χ0) is 22.5. The molecule has 2 unspecified atom stereocenters. The highest BCUT2D eigenvalue weighted by Crippen LogP contribution is 2.34. The van der Waals surface area contributed by atoms with Gasteiger partial charge in [-0.2, -0.15) is 0 Å². The number of para-hydroxylation sites is 1. The topological polar surface area (TPSA) is 88.8 Å². The van der Waals surface area contributed by atoms with Crippen molar-refractivity contribution in [1.29, 1.82) is 0 Å². The highest BCUT2D eigenvalue weighted by Gasteiger charge is 2.19. The molecule has 0 radical (unpaired) electrons. The third-order valence-corrected chi connectivity index (χ3v) is 5.86. The molecule has 0 aliphatic rings. The molecule has 0 bridgehead atoms. The molecule has 3 aromatic rings. The largest absolute Gasteiger partial charge is 0.481 e. The predicted molar refractivity (Wildman–Crippen MR) is 117 cm³/mol. The molecule has 0 saturated carbocycles. The molecule has 162 valence electrons. The maximum atomic E-state index is 13.5. The minimum absolute atomic E-state index is 0.116. The second-order valence-corrected chi connectivity index (χ2v) is 8.76. The SMILES string of the molecule is CC(C)c1c(C#CO[PH](=O)CC(O)CC(=O)O)n(-c2ccc(F)cc2)c2ccccc12. The number of carboxylic acid groups (broad SMARTS) is 1. The van der Waals surface area contributed by atoms with E-state index in [4.69, 9.17) is 9.63 Å². The smallest absolute Gasteiger partial charge is 0.305 e. The lowest BCUT2D eigenvalue weighted by Gasteiger charge is -2.09. The normalized spacial score (nSPS) is 12.9.